The van der Waals surface area contributed by atoms with Crippen LogP contribution in [0.2, 0.25) is 0 Å². The van der Waals surface area contributed by atoms with Crippen molar-refractivity contribution >= 4 is 26.1 Å². The molecule has 2 aliphatic rings. The van der Waals surface area contributed by atoms with E-state index >= 15 is 0 Å². The first-order valence-electron chi connectivity index (χ1n) is 5.98. The first-order chi connectivity index (χ1) is 8.07. The van der Waals surface area contributed by atoms with Crippen LogP contribution in [0.1, 0.15) is 13.3 Å². The van der Waals surface area contributed by atoms with Gasteiger partial charge in [-0.3, -0.25) is 0 Å². The van der Waals surface area contributed by atoms with Crippen LogP contribution in [0.5, 0.6) is 0 Å². The van der Waals surface area contributed by atoms with E-state index in [2.05, 4.69) is 22.9 Å². The standard InChI is InChI=1S/C10H19BrN2O3S/c1-9-2-3-13(10(9)8-11)17(14,15)12-4-6-16-7-5-12/h9-10H,2-8H2,1H3. The molecule has 17 heavy (non-hydrogen) atoms. The highest BCUT2D eigenvalue weighted by molar-refractivity contribution is 9.09. The van der Waals surface area contributed by atoms with Gasteiger partial charge in [0, 0.05) is 31.0 Å². The van der Waals surface area contributed by atoms with Crippen molar-refractivity contribution in [3.63, 3.8) is 0 Å². The summed E-state index contributed by atoms with van der Waals surface area (Å²) in [6, 6.07) is 0.0860. The van der Waals surface area contributed by atoms with Crippen molar-refractivity contribution in [1.82, 2.24) is 8.61 Å². The van der Waals surface area contributed by atoms with Crippen LogP contribution in [0.15, 0.2) is 0 Å². The number of hydrogen-bond acceptors (Lipinski definition) is 3. The Labute approximate surface area is 111 Å². The number of rotatable bonds is 3. The monoisotopic (exact) mass is 326 g/mol. The molecule has 0 aromatic rings. The van der Waals surface area contributed by atoms with E-state index < -0.39 is 10.2 Å². The van der Waals surface area contributed by atoms with E-state index in [1.54, 1.807) is 8.61 Å². The van der Waals surface area contributed by atoms with Crippen LogP contribution < -0.4 is 0 Å². The average molecular weight is 327 g/mol. The van der Waals surface area contributed by atoms with Crippen molar-refractivity contribution in [3.8, 4) is 0 Å². The fourth-order valence-corrected chi connectivity index (χ4v) is 5.46. The highest BCUT2D eigenvalue weighted by Crippen LogP contribution is 2.29. The lowest BCUT2D eigenvalue weighted by molar-refractivity contribution is 0.0699. The van der Waals surface area contributed by atoms with Crippen molar-refractivity contribution in [2.45, 2.75) is 19.4 Å². The van der Waals surface area contributed by atoms with Gasteiger partial charge in [0.2, 0.25) is 0 Å². The van der Waals surface area contributed by atoms with Crippen LogP contribution in [0.3, 0.4) is 0 Å². The predicted octanol–water partition coefficient (Wildman–Crippen LogP) is 0.669. The van der Waals surface area contributed by atoms with Gasteiger partial charge in [-0.25, -0.2) is 0 Å². The molecule has 0 saturated carbocycles. The van der Waals surface area contributed by atoms with Gasteiger partial charge in [0.25, 0.3) is 10.2 Å². The number of ether oxygens (including phenoxy) is 1. The van der Waals surface area contributed by atoms with Gasteiger partial charge >= 0.3 is 0 Å². The molecule has 0 radical (unpaired) electrons. The molecule has 2 rings (SSSR count). The third kappa shape index (κ3) is 2.68. The molecule has 7 heteroatoms. The van der Waals surface area contributed by atoms with Gasteiger partial charge in [-0.15, -0.1) is 0 Å². The number of nitrogens with zero attached hydrogens (tertiary/aromatic N) is 2. The Kier molecular flexibility index (Phi) is 4.46. The van der Waals surface area contributed by atoms with Crippen molar-refractivity contribution in [2.24, 2.45) is 5.92 Å². The molecule has 0 aliphatic carbocycles. The Bertz CT molecular complexity index is 357. The third-order valence-corrected chi connectivity index (χ3v) is 6.31. The fraction of sp³-hybridized carbons (Fsp3) is 1.00. The minimum absolute atomic E-state index is 0.0860. The summed E-state index contributed by atoms with van der Waals surface area (Å²) >= 11 is 3.42. The SMILES string of the molecule is CC1CCN(S(=O)(=O)N2CCOCC2)C1CBr. The molecule has 2 atom stereocenters. The van der Waals surface area contributed by atoms with E-state index in [0.717, 1.165) is 6.42 Å². The molecular formula is C10H19BrN2O3S. The molecule has 0 N–H and O–H groups in total. The van der Waals surface area contributed by atoms with E-state index in [1.165, 1.54) is 0 Å². The molecule has 2 saturated heterocycles. The van der Waals surface area contributed by atoms with Gasteiger partial charge in [0.1, 0.15) is 0 Å². The normalized spacial score (nSPS) is 33.1. The van der Waals surface area contributed by atoms with Crippen LogP contribution >= 0.6 is 15.9 Å². The summed E-state index contributed by atoms with van der Waals surface area (Å²) in [5.41, 5.74) is 0. The van der Waals surface area contributed by atoms with Crippen LogP contribution in [-0.4, -0.2) is 61.2 Å². The Morgan fingerprint density at radius 1 is 1.29 bits per heavy atom. The molecule has 0 bridgehead atoms. The van der Waals surface area contributed by atoms with E-state index in [-0.39, 0.29) is 6.04 Å². The van der Waals surface area contributed by atoms with Crippen molar-refractivity contribution in [1.29, 1.82) is 0 Å². The minimum atomic E-state index is -3.30. The summed E-state index contributed by atoms with van der Waals surface area (Å²) in [7, 11) is -3.30. The molecule has 2 heterocycles. The maximum atomic E-state index is 12.5. The summed E-state index contributed by atoms with van der Waals surface area (Å²) in [5.74, 6) is 0.421. The molecule has 5 nitrogen and oxygen atoms in total. The lowest BCUT2D eigenvalue weighted by Crippen LogP contribution is -2.50. The van der Waals surface area contributed by atoms with E-state index in [1.807, 2.05) is 0 Å². The van der Waals surface area contributed by atoms with Gasteiger partial charge in [-0.1, -0.05) is 22.9 Å². The lowest BCUT2D eigenvalue weighted by Gasteiger charge is -2.33. The zero-order valence-electron chi connectivity index (χ0n) is 10.0. The van der Waals surface area contributed by atoms with E-state index in [9.17, 15) is 8.42 Å². The summed E-state index contributed by atoms with van der Waals surface area (Å²) < 4.78 is 33.4. The smallest absolute Gasteiger partial charge is 0.282 e. The number of halogens is 1. The van der Waals surface area contributed by atoms with Crippen molar-refractivity contribution < 1.29 is 13.2 Å². The summed E-state index contributed by atoms with van der Waals surface area (Å²) in [6.45, 7) is 4.70. The Balaban J connectivity index is 2.14. The van der Waals surface area contributed by atoms with Gasteiger partial charge in [-0.2, -0.15) is 17.0 Å². The Morgan fingerprint density at radius 2 is 1.94 bits per heavy atom. The Morgan fingerprint density at radius 3 is 2.53 bits per heavy atom. The largest absolute Gasteiger partial charge is 0.379 e. The van der Waals surface area contributed by atoms with Crippen molar-refractivity contribution in [3.05, 3.63) is 0 Å². The maximum Gasteiger partial charge on any atom is 0.282 e. The molecule has 2 fully saturated rings. The van der Waals surface area contributed by atoms with Gasteiger partial charge < -0.3 is 4.74 Å². The second-order valence-electron chi connectivity index (χ2n) is 4.62. The Hall–Kier alpha value is 0.310. The van der Waals surface area contributed by atoms with Crippen LogP contribution in [0.4, 0.5) is 0 Å². The number of hydrogen-bond donors (Lipinski definition) is 0. The molecule has 100 valence electrons. The molecule has 0 aromatic heterocycles. The molecular weight excluding hydrogens is 308 g/mol. The summed E-state index contributed by atoms with van der Waals surface area (Å²) in [4.78, 5) is 0. The van der Waals surface area contributed by atoms with Crippen molar-refractivity contribution in [2.75, 3.05) is 38.2 Å². The van der Waals surface area contributed by atoms with Gasteiger partial charge in [0.15, 0.2) is 0 Å². The number of morpholine rings is 1. The van der Waals surface area contributed by atoms with Crippen LogP contribution in [-0.2, 0) is 14.9 Å². The van der Waals surface area contributed by atoms with Gasteiger partial charge in [-0.05, 0) is 12.3 Å². The van der Waals surface area contributed by atoms with Gasteiger partial charge in [0.05, 0.1) is 13.2 Å². The molecule has 0 spiro atoms. The third-order valence-electron chi connectivity index (χ3n) is 3.58. The van der Waals surface area contributed by atoms with Crippen LogP contribution in [0.25, 0.3) is 0 Å². The maximum absolute atomic E-state index is 12.5. The predicted molar refractivity (Wildman–Crippen MR) is 69.4 cm³/mol. The average Bonchev–Trinajstić information content (AvgIpc) is 2.72. The first-order valence-corrected chi connectivity index (χ1v) is 8.50. The minimum Gasteiger partial charge on any atom is -0.379 e. The first kappa shape index (κ1) is 13.7. The zero-order valence-corrected chi connectivity index (χ0v) is 12.4. The quantitative estimate of drug-likeness (QED) is 0.716. The summed E-state index contributed by atoms with van der Waals surface area (Å²) in [5, 5.41) is 0.706. The van der Waals surface area contributed by atoms with E-state index in [4.69, 9.17) is 4.74 Å². The molecule has 2 unspecified atom stereocenters. The molecule has 0 aromatic carbocycles. The topological polar surface area (TPSA) is 49.9 Å². The second kappa shape index (κ2) is 5.52. The fourth-order valence-electron chi connectivity index (χ4n) is 2.41. The zero-order chi connectivity index (χ0) is 12.5. The molecule has 2 aliphatic heterocycles. The highest BCUT2D eigenvalue weighted by Gasteiger charge is 2.41. The van der Waals surface area contributed by atoms with E-state index in [0.29, 0.717) is 44.1 Å². The van der Waals surface area contributed by atoms with Crippen LogP contribution in [0, 0.1) is 5.92 Å². The number of alkyl halides is 1. The highest BCUT2D eigenvalue weighted by atomic mass is 79.9. The molecule has 0 amide bonds. The lowest BCUT2D eigenvalue weighted by atomic mass is 10.1. The summed E-state index contributed by atoms with van der Waals surface area (Å²) in [6.07, 6.45) is 0.944. The second-order valence-corrected chi connectivity index (χ2v) is 7.15.